The summed E-state index contributed by atoms with van der Waals surface area (Å²) in [5, 5.41) is 17.1. The lowest BCUT2D eigenvalue weighted by Gasteiger charge is -2.41. The number of nitriles is 2. The van der Waals surface area contributed by atoms with Gasteiger partial charge in [0, 0.05) is 71.4 Å². The Morgan fingerprint density at radius 2 is 0.694 bits per heavy atom. The molecular weight excluding hydrogens is 1750 g/mol. The molecule has 2 heterocycles. The predicted molar refractivity (Wildman–Crippen MR) is 499 cm³/mol. The summed E-state index contributed by atoms with van der Waals surface area (Å²) in [6.45, 7) is 56.4. The zero-order valence-electron chi connectivity index (χ0n) is 79.8. The van der Waals surface area contributed by atoms with Gasteiger partial charge in [-0.25, -0.2) is 14.0 Å². The molecule has 0 saturated carbocycles. The Hall–Kier alpha value is -3.53. The molecule has 4 aromatic rings. The Morgan fingerprint density at radius 3 is 0.952 bits per heavy atom. The van der Waals surface area contributed by atoms with Crippen molar-refractivity contribution < 1.29 is 109 Å². The third-order valence-corrected chi connectivity index (χ3v) is 39.8. The van der Waals surface area contributed by atoms with E-state index in [0.29, 0.717) is 38.1 Å². The highest BCUT2D eigenvalue weighted by Crippen LogP contribution is 2.52. The molecule has 4 aromatic carbocycles. The summed E-state index contributed by atoms with van der Waals surface area (Å²) >= 11 is 0. The monoisotopic (exact) mass is 1900 g/mol. The molecule has 0 amide bonds. The van der Waals surface area contributed by atoms with Crippen LogP contribution in [0.15, 0.2) is 121 Å². The van der Waals surface area contributed by atoms with Gasteiger partial charge in [0.1, 0.15) is 62.0 Å². The normalized spacial score (nSPS) is 19.2. The molecule has 0 spiro atoms. The van der Waals surface area contributed by atoms with Crippen LogP contribution < -0.4 is 0 Å². The fourth-order valence-corrected chi connectivity index (χ4v) is 35.0. The first-order valence-corrected chi connectivity index (χ1v) is 63.2. The minimum absolute atomic E-state index is 0.0316. The summed E-state index contributed by atoms with van der Waals surface area (Å²) in [5.41, 5.74) is 3.83. The molecule has 702 valence electrons. The molecule has 10 atom stereocenters. The van der Waals surface area contributed by atoms with Crippen molar-refractivity contribution in [1.82, 2.24) is 14.0 Å². The molecule has 6 rings (SSSR count). The predicted octanol–water partition coefficient (Wildman–Crippen LogP) is 19.3. The van der Waals surface area contributed by atoms with E-state index in [1.165, 1.54) is 13.8 Å². The lowest BCUT2D eigenvalue weighted by Crippen LogP contribution is -2.60. The van der Waals surface area contributed by atoms with Crippen molar-refractivity contribution in [2.24, 2.45) is 0 Å². The summed E-state index contributed by atoms with van der Waals surface area (Å²) in [6, 6.07) is 45.5. The first-order chi connectivity index (χ1) is 58.2. The van der Waals surface area contributed by atoms with Crippen molar-refractivity contribution in [2.75, 3.05) is 74.2 Å². The third-order valence-electron chi connectivity index (χ3n) is 17.7. The zero-order valence-corrected chi connectivity index (χ0v) is 88.5. The average molecular weight is 1900 g/mol. The Kier molecular flexibility index (Phi) is 50.7. The molecule has 29 nitrogen and oxygen atoms in total. The first kappa shape index (κ1) is 113. The molecule has 38 heteroatoms. The van der Waals surface area contributed by atoms with E-state index >= 15 is 0 Å². The maximum Gasteiger partial charge on any atom is 0.659 e. The highest BCUT2D eigenvalue weighted by Gasteiger charge is 2.59. The van der Waals surface area contributed by atoms with E-state index in [4.69, 9.17) is 110 Å². The van der Waals surface area contributed by atoms with Gasteiger partial charge < -0.3 is 99.2 Å². The van der Waals surface area contributed by atoms with E-state index in [-0.39, 0.29) is 76.0 Å². The van der Waals surface area contributed by atoms with Gasteiger partial charge in [-0.1, -0.05) is 121 Å². The van der Waals surface area contributed by atoms with Crippen LogP contribution in [0, 0.1) is 22.7 Å². The fourth-order valence-electron chi connectivity index (χ4n) is 13.4. The average Bonchev–Trinajstić information content (AvgIpc) is 1.41. The molecule has 0 aliphatic carbocycles. The molecule has 124 heavy (non-hydrogen) atoms. The van der Waals surface area contributed by atoms with E-state index in [0.717, 1.165) is 22.3 Å². The van der Waals surface area contributed by atoms with E-state index in [1.807, 2.05) is 123 Å². The topological polar surface area (TPSA) is 294 Å². The third kappa shape index (κ3) is 40.7. The van der Waals surface area contributed by atoms with Crippen molar-refractivity contribution in [2.45, 2.75) is 306 Å². The Bertz CT molecular complexity index is 3520. The van der Waals surface area contributed by atoms with Crippen LogP contribution in [-0.4, -0.2) is 243 Å². The second kappa shape index (κ2) is 55.7. The van der Waals surface area contributed by atoms with Gasteiger partial charge in [-0.2, -0.15) is 10.5 Å². The van der Waals surface area contributed by atoms with Crippen LogP contribution in [0.25, 0.3) is 0 Å². The summed E-state index contributed by atoms with van der Waals surface area (Å²) in [5.74, 6) is -0.903. The Labute approximate surface area is 753 Å². The van der Waals surface area contributed by atoms with Gasteiger partial charge in [0.2, 0.25) is 0 Å². The number of rotatable bonds is 54. The number of benzene rings is 4. The van der Waals surface area contributed by atoms with Crippen molar-refractivity contribution in [1.29, 1.82) is 10.5 Å². The molecular formula is C86H150N5O24P3Si6. The maximum atomic E-state index is 11.5. The second-order valence-corrected chi connectivity index (χ2v) is 63.0. The summed E-state index contributed by atoms with van der Waals surface area (Å²) in [6.07, 6.45) is -4.70. The first-order valence-electron chi connectivity index (χ1n) is 43.0. The number of hydrogen-bond acceptors (Lipinski definition) is 29. The van der Waals surface area contributed by atoms with Crippen molar-refractivity contribution in [3.63, 3.8) is 0 Å². The molecule has 2 saturated heterocycles. The largest absolute Gasteiger partial charge is 0.659 e. The molecule has 2 aliphatic heterocycles. The number of carbonyl (C=O) groups is 2. The van der Waals surface area contributed by atoms with Gasteiger partial charge in [-0.05, 0) is 198 Å². The molecule has 2 fully saturated rings. The summed E-state index contributed by atoms with van der Waals surface area (Å²) in [4.78, 5) is 22.9. The Balaban J connectivity index is 0.000000443. The molecule has 0 bridgehead atoms. The van der Waals surface area contributed by atoms with Crippen LogP contribution in [0.3, 0.4) is 0 Å². The van der Waals surface area contributed by atoms with Crippen LogP contribution in [0.2, 0.25) is 78.6 Å². The number of methoxy groups -OCH3 is 1. The number of hydrogen-bond donors (Lipinski definition) is 0. The maximum absolute atomic E-state index is 11.5. The second-order valence-electron chi connectivity index (χ2n) is 35.3. The lowest BCUT2D eigenvalue weighted by molar-refractivity contribution is -0.316. The van der Waals surface area contributed by atoms with Crippen LogP contribution in [0.1, 0.15) is 158 Å². The Morgan fingerprint density at radius 1 is 0.411 bits per heavy atom. The van der Waals surface area contributed by atoms with E-state index in [2.05, 4.69) is 200 Å². The fraction of sp³-hybridized carbons (Fsp3) is 0.674. The van der Waals surface area contributed by atoms with Gasteiger partial charge in [-0.15, -0.1) is 0 Å². The van der Waals surface area contributed by atoms with Crippen LogP contribution in [0.5, 0.6) is 0 Å². The van der Waals surface area contributed by atoms with Crippen molar-refractivity contribution in [3.05, 3.63) is 144 Å². The van der Waals surface area contributed by atoms with Gasteiger partial charge >= 0.3 is 30.0 Å². The van der Waals surface area contributed by atoms with Crippen molar-refractivity contribution in [3.8, 4) is 12.1 Å². The van der Waals surface area contributed by atoms with E-state index in [1.54, 1.807) is 21.3 Å². The standard InChI is InChI=1S/C41H70NO14PSi3.C33H58NO8PSi3.C12H22N3O2P/c1-30(2)42(31(3)4)57(45-8)53-40-37(51-32(5)38(40)52-41(48-27-25-46-33(6)43)49-28-26-47-34(7)44)29-50-60(55-58(9,10)11,56-59(12,13)14)54-39(35-21-17-15-18-22-35)36-23-19-16-20-24-36;1-25(2)34(26(3)4)43(36-7)39-33-30(38-27(5)31(33)35-6)24-37-46(41-44(8,9)10,42-45(11,12)13)40-32(28-20-16-14-17-21-28)29-22-18-15-19-23-29;1-11(2)15(12(3)4)18(16-9-5-7-13)17-10-6-8-14/h15-24,30-32,37-41H,25-29H2,1-14H3;14-23,25-27,30-33H,24H2,1-13H3;11-12H,5-6,9-10H2,1-4H3/t32-,37+,38?,40-,57?;27-,30+,31?,33-,43?;/m00./s1. The summed E-state index contributed by atoms with van der Waals surface area (Å²) in [7, 11) is -16.6. The number of ether oxygens (including phenoxy) is 8. The van der Waals surface area contributed by atoms with E-state index in [9.17, 15) is 9.59 Å². The van der Waals surface area contributed by atoms with Crippen molar-refractivity contribution >= 4 is 88.9 Å². The molecule has 0 radical (unpaired) electrons. The number of carbonyl (C=O) groups excluding carboxylic acids is 2. The quantitative estimate of drug-likeness (QED) is 0.0130. The lowest BCUT2D eigenvalue weighted by atomic mass is 10.0. The van der Waals surface area contributed by atoms with Gasteiger partial charge in [0.05, 0.1) is 76.8 Å². The minimum Gasteiger partial charge on any atom is -0.463 e. The number of nitrogens with zero attached hydrogens (tertiary/aromatic N) is 5. The van der Waals surface area contributed by atoms with Gasteiger partial charge in [-0.3, -0.25) is 9.59 Å². The van der Waals surface area contributed by atoms with Gasteiger partial charge in [0.15, 0.2) is 33.3 Å². The zero-order chi connectivity index (χ0) is 92.9. The highest BCUT2D eigenvalue weighted by atomic mass is 31.2. The molecule has 4 unspecified atom stereocenters. The van der Waals surface area contributed by atoms with Crippen LogP contribution in [0.4, 0.5) is 0 Å². The summed E-state index contributed by atoms with van der Waals surface area (Å²) < 4.78 is 147. The SMILES string of the molecule is CC(C)N(C(C)C)P(OCCC#N)OCCC#N.COC1[C@H](C)O[C@H](CO[Si](OC(c2ccccc2)c2ccccc2)(O[Si](C)(C)C)O[Si](C)(C)C)[C@@H]1OP(OC)N(C(C)C)C(C)C.COP(O[C@@H]1C(OC(OCCOC(C)=O)OCCOC(C)=O)[C@H](C)O[C@@H]1CO[Si](OC(c1ccccc1)c1ccccc1)(O[Si](C)(C)C)O[Si](C)(C)C)N(C(C)C)C(C)C. The smallest absolute Gasteiger partial charge is 0.463 e. The van der Waals surface area contributed by atoms with Gasteiger partial charge in [0.25, 0.3) is 32.1 Å². The minimum atomic E-state index is -4.06. The van der Waals surface area contributed by atoms with Crippen LogP contribution >= 0.6 is 25.6 Å². The molecule has 0 N–H and O–H groups in total. The van der Waals surface area contributed by atoms with E-state index < -0.39 is 144 Å². The molecule has 0 aromatic heterocycles. The molecule has 2 aliphatic rings. The number of esters is 2. The highest BCUT2D eigenvalue weighted by molar-refractivity contribution is 7.45. The van der Waals surface area contributed by atoms with Crippen LogP contribution in [-0.2, 0) is 109 Å².